The molecular formula is C18H17FN2O3. The average Bonchev–Trinajstić information content (AvgIpc) is 2.88. The van der Waals surface area contributed by atoms with Crippen LogP contribution in [0.25, 0.3) is 11.1 Å². The van der Waals surface area contributed by atoms with E-state index in [1.54, 1.807) is 30.3 Å². The molecule has 124 valence electrons. The normalized spacial score (nSPS) is 12.5. The largest absolute Gasteiger partial charge is 0.417 e. The third kappa shape index (κ3) is 3.22. The number of carbonyl (C=O) groups excluding carboxylic acids is 1. The number of amides is 1. The highest BCUT2D eigenvalue weighted by Crippen LogP contribution is 2.27. The van der Waals surface area contributed by atoms with Crippen LogP contribution in [-0.2, 0) is 4.79 Å². The molecule has 0 spiro atoms. The highest BCUT2D eigenvalue weighted by molar-refractivity contribution is 5.97. The van der Waals surface area contributed by atoms with Crippen molar-refractivity contribution in [1.29, 1.82) is 0 Å². The molecule has 0 saturated carbocycles. The summed E-state index contributed by atoms with van der Waals surface area (Å²) in [7, 11) is 0. The fourth-order valence-corrected chi connectivity index (χ4v) is 2.75. The number of benzene rings is 2. The number of anilines is 1. The molecule has 0 aliphatic rings. The van der Waals surface area contributed by atoms with Gasteiger partial charge >= 0.3 is 5.76 Å². The summed E-state index contributed by atoms with van der Waals surface area (Å²) in [5, 5.41) is 2.83. The molecule has 6 heteroatoms. The summed E-state index contributed by atoms with van der Waals surface area (Å²) in [5.74, 6) is -1.47. The van der Waals surface area contributed by atoms with E-state index in [0.29, 0.717) is 16.8 Å². The van der Waals surface area contributed by atoms with E-state index in [-0.39, 0.29) is 17.6 Å². The predicted molar refractivity (Wildman–Crippen MR) is 89.4 cm³/mol. The van der Waals surface area contributed by atoms with Crippen LogP contribution < -0.4 is 11.1 Å². The van der Waals surface area contributed by atoms with Gasteiger partial charge in [-0.3, -0.25) is 9.78 Å². The molecule has 0 fully saturated rings. The van der Waals surface area contributed by atoms with Gasteiger partial charge in [0.05, 0.1) is 11.4 Å². The fraction of sp³-hybridized carbons (Fsp3) is 0.222. The molecule has 0 saturated heterocycles. The number of oxazole rings is 1. The van der Waals surface area contributed by atoms with Gasteiger partial charge < -0.3 is 9.73 Å². The zero-order valence-electron chi connectivity index (χ0n) is 13.3. The molecule has 5 nitrogen and oxygen atoms in total. The Hall–Kier alpha value is -2.89. The SMILES string of the molecule is CC(C)C(C(=O)Nc1ccc2[nH]c(=O)oc2c1)c1ccc(F)cc1. The van der Waals surface area contributed by atoms with E-state index in [1.165, 1.54) is 12.1 Å². The second kappa shape index (κ2) is 6.31. The summed E-state index contributed by atoms with van der Waals surface area (Å²) in [6.45, 7) is 3.87. The van der Waals surface area contributed by atoms with Crippen molar-refractivity contribution in [3.05, 3.63) is 64.4 Å². The van der Waals surface area contributed by atoms with Gasteiger partial charge in [-0.1, -0.05) is 26.0 Å². The van der Waals surface area contributed by atoms with Crippen LogP contribution in [0.5, 0.6) is 0 Å². The van der Waals surface area contributed by atoms with Crippen molar-refractivity contribution in [1.82, 2.24) is 4.98 Å². The van der Waals surface area contributed by atoms with Gasteiger partial charge in [0.1, 0.15) is 5.82 Å². The molecule has 0 bridgehead atoms. The van der Waals surface area contributed by atoms with Crippen LogP contribution in [0.15, 0.2) is 51.7 Å². The van der Waals surface area contributed by atoms with Crippen molar-refractivity contribution < 1.29 is 13.6 Å². The molecule has 0 radical (unpaired) electrons. The minimum atomic E-state index is -0.542. The highest BCUT2D eigenvalue weighted by atomic mass is 19.1. The molecule has 2 aromatic carbocycles. The van der Waals surface area contributed by atoms with Crippen molar-refractivity contribution in [3.63, 3.8) is 0 Å². The molecule has 2 N–H and O–H groups in total. The number of H-pyrrole nitrogens is 1. The van der Waals surface area contributed by atoms with Gasteiger partial charge in [-0.05, 0) is 35.7 Å². The van der Waals surface area contributed by atoms with Gasteiger partial charge in [-0.25, -0.2) is 9.18 Å². The first-order valence-electron chi connectivity index (χ1n) is 7.63. The van der Waals surface area contributed by atoms with Crippen molar-refractivity contribution >= 4 is 22.7 Å². The van der Waals surface area contributed by atoms with Gasteiger partial charge in [-0.15, -0.1) is 0 Å². The maximum atomic E-state index is 13.1. The molecule has 0 aliphatic carbocycles. The summed E-state index contributed by atoms with van der Waals surface area (Å²) >= 11 is 0. The van der Waals surface area contributed by atoms with E-state index in [0.717, 1.165) is 5.56 Å². The number of hydrogen-bond acceptors (Lipinski definition) is 3. The average molecular weight is 328 g/mol. The predicted octanol–water partition coefficient (Wildman–Crippen LogP) is 3.64. The summed E-state index contributed by atoms with van der Waals surface area (Å²) in [6.07, 6.45) is 0. The van der Waals surface area contributed by atoms with Crippen LogP contribution in [0.1, 0.15) is 25.3 Å². The number of fused-ring (bicyclic) bond motifs is 1. The molecule has 24 heavy (non-hydrogen) atoms. The van der Waals surface area contributed by atoms with E-state index in [9.17, 15) is 14.0 Å². The van der Waals surface area contributed by atoms with E-state index >= 15 is 0 Å². The van der Waals surface area contributed by atoms with Gasteiger partial charge in [-0.2, -0.15) is 0 Å². The second-order valence-electron chi connectivity index (χ2n) is 5.99. The van der Waals surface area contributed by atoms with Crippen LogP contribution in [0.2, 0.25) is 0 Å². The molecule has 1 unspecified atom stereocenters. The maximum Gasteiger partial charge on any atom is 0.417 e. The van der Waals surface area contributed by atoms with E-state index in [2.05, 4.69) is 10.3 Å². The monoisotopic (exact) mass is 328 g/mol. The molecule has 0 aliphatic heterocycles. The molecule has 3 rings (SSSR count). The Kier molecular flexibility index (Phi) is 4.20. The van der Waals surface area contributed by atoms with Crippen LogP contribution >= 0.6 is 0 Å². The summed E-state index contributed by atoms with van der Waals surface area (Å²) in [6, 6.07) is 10.9. The van der Waals surface area contributed by atoms with E-state index < -0.39 is 11.7 Å². The number of aromatic amines is 1. The van der Waals surface area contributed by atoms with E-state index in [1.807, 2.05) is 13.8 Å². The Morgan fingerprint density at radius 2 is 1.88 bits per heavy atom. The minimum absolute atomic E-state index is 0.0318. The van der Waals surface area contributed by atoms with Crippen molar-refractivity contribution in [2.24, 2.45) is 5.92 Å². The zero-order valence-corrected chi connectivity index (χ0v) is 13.3. The molecule has 1 atom stereocenters. The molecule has 3 aromatic rings. The van der Waals surface area contributed by atoms with Crippen molar-refractivity contribution in [2.45, 2.75) is 19.8 Å². The van der Waals surface area contributed by atoms with Crippen LogP contribution in [0.3, 0.4) is 0 Å². The summed E-state index contributed by atoms with van der Waals surface area (Å²) in [5.41, 5.74) is 2.22. The van der Waals surface area contributed by atoms with E-state index in [4.69, 9.17) is 4.42 Å². The highest BCUT2D eigenvalue weighted by Gasteiger charge is 2.24. The number of halogens is 1. The van der Waals surface area contributed by atoms with Crippen LogP contribution in [0, 0.1) is 11.7 Å². The third-order valence-corrected chi connectivity index (χ3v) is 3.87. The number of carbonyl (C=O) groups is 1. The van der Waals surface area contributed by atoms with Crippen LogP contribution in [0.4, 0.5) is 10.1 Å². The number of hydrogen-bond donors (Lipinski definition) is 2. The number of nitrogens with one attached hydrogen (secondary N) is 2. The molecule has 1 amide bonds. The Balaban J connectivity index is 1.86. The fourth-order valence-electron chi connectivity index (χ4n) is 2.75. The summed E-state index contributed by atoms with van der Waals surface area (Å²) in [4.78, 5) is 26.4. The Morgan fingerprint density at radius 3 is 2.54 bits per heavy atom. The second-order valence-corrected chi connectivity index (χ2v) is 5.99. The molecule has 1 aromatic heterocycles. The van der Waals surface area contributed by atoms with Crippen molar-refractivity contribution in [2.75, 3.05) is 5.32 Å². The lowest BCUT2D eigenvalue weighted by atomic mass is 9.87. The van der Waals surface area contributed by atoms with Gasteiger partial charge in [0.25, 0.3) is 0 Å². The lowest BCUT2D eigenvalue weighted by Crippen LogP contribution is -2.25. The van der Waals surface area contributed by atoms with Crippen LogP contribution in [-0.4, -0.2) is 10.9 Å². The molecular weight excluding hydrogens is 311 g/mol. The Labute approximate surface area is 137 Å². The van der Waals surface area contributed by atoms with Crippen molar-refractivity contribution in [3.8, 4) is 0 Å². The first-order chi connectivity index (χ1) is 11.4. The first kappa shape index (κ1) is 16.0. The maximum absolute atomic E-state index is 13.1. The smallest absolute Gasteiger partial charge is 0.408 e. The molecule has 1 heterocycles. The number of aromatic nitrogens is 1. The first-order valence-corrected chi connectivity index (χ1v) is 7.63. The minimum Gasteiger partial charge on any atom is -0.408 e. The van der Waals surface area contributed by atoms with Gasteiger partial charge in [0.2, 0.25) is 5.91 Å². The summed E-state index contributed by atoms with van der Waals surface area (Å²) < 4.78 is 18.1. The van der Waals surface area contributed by atoms with Gasteiger partial charge in [0, 0.05) is 11.8 Å². The standard InChI is InChI=1S/C18H17FN2O3/c1-10(2)16(11-3-5-12(19)6-4-11)17(22)20-13-7-8-14-15(9-13)24-18(23)21-14/h3-10,16H,1-2H3,(H,20,22)(H,21,23). The quantitative estimate of drug-likeness (QED) is 0.768. The lowest BCUT2D eigenvalue weighted by molar-refractivity contribution is -0.118. The Morgan fingerprint density at radius 1 is 1.17 bits per heavy atom. The lowest BCUT2D eigenvalue weighted by Gasteiger charge is -2.20. The topological polar surface area (TPSA) is 75.1 Å². The number of rotatable bonds is 4. The van der Waals surface area contributed by atoms with Gasteiger partial charge in [0.15, 0.2) is 5.58 Å². The zero-order chi connectivity index (χ0) is 17.3. The third-order valence-electron chi connectivity index (χ3n) is 3.87. The Bertz CT molecular complexity index is 925.